The van der Waals surface area contributed by atoms with Gasteiger partial charge in [-0.3, -0.25) is 4.79 Å². The minimum Gasteiger partial charge on any atom is -0.366 e. The number of fused-ring (bicyclic) bond motifs is 3. The maximum Gasteiger partial charge on any atom is 0.319 e. The van der Waals surface area contributed by atoms with Crippen molar-refractivity contribution in [1.82, 2.24) is 10.3 Å². The first-order chi connectivity index (χ1) is 16.7. The van der Waals surface area contributed by atoms with Gasteiger partial charge in [-0.05, 0) is 23.3 Å². The lowest BCUT2D eigenvalue weighted by Gasteiger charge is -2.22. The van der Waals surface area contributed by atoms with Gasteiger partial charge >= 0.3 is 5.91 Å². The van der Waals surface area contributed by atoms with Crippen molar-refractivity contribution >= 4 is 39.1 Å². The molecule has 6 heteroatoms. The second kappa shape index (κ2) is 8.01. The molecule has 0 unspecified atom stereocenters. The van der Waals surface area contributed by atoms with Gasteiger partial charge in [0.25, 0.3) is 0 Å². The number of hydrogen-bond donors (Lipinski definition) is 2. The zero-order chi connectivity index (χ0) is 23.1. The fraction of sp³-hybridized carbons (Fsp3) is 0.0357. The maximum absolute atomic E-state index is 13.0. The Labute approximate surface area is 195 Å². The molecule has 2 N–H and O–H groups in total. The Morgan fingerprint density at radius 3 is 2.24 bits per heavy atom. The zero-order valence-electron chi connectivity index (χ0n) is 18.2. The van der Waals surface area contributed by atoms with Gasteiger partial charge in [0.05, 0.1) is 29.1 Å². The summed E-state index contributed by atoms with van der Waals surface area (Å²) in [6, 6.07) is 29.7. The Morgan fingerprint density at radius 1 is 0.824 bits per heavy atom. The lowest BCUT2D eigenvalue weighted by molar-refractivity contribution is 0.100. The van der Waals surface area contributed by atoms with Crippen LogP contribution in [0, 0.1) is 4.91 Å². The number of aromatic amines is 1. The van der Waals surface area contributed by atoms with Gasteiger partial charge in [0.15, 0.2) is 0 Å². The number of amides is 1. The number of rotatable bonds is 4. The smallest absolute Gasteiger partial charge is 0.319 e. The number of nitroso groups, excluding NO2 is 1. The largest absolute Gasteiger partial charge is 0.366 e. The van der Waals surface area contributed by atoms with Crippen molar-refractivity contribution in [1.29, 1.82) is 0 Å². The van der Waals surface area contributed by atoms with Gasteiger partial charge in [-0.2, -0.15) is 0 Å². The number of nitrogens with one attached hydrogen (secondary N) is 2. The number of carbonyl (C=O) groups is 1. The van der Waals surface area contributed by atoms with Gasteiger partial charge in [-0.1, -0.05) is 78.9 Å². The quantitative estimate of drug-likeness (QED) is 0.321. The lowest BCUT2D eigenvalue weighted by Crippen LogP contribution is -2.21. The Morgan fingerprint density at radius 2 is 1.50 bits per heavy atom. The van der Waals surface area contributed by atoms with E-state index >= 15 is 0 Å². The first kappa shape index (κ1) is 19.9. The second-order valence-corrected chi connectivity index (χ2v) is 8.21. The molecule has 0 saturated heterocycles. The standard InChI is InChI=1S/C28H20N4O2/c33-28(31-34)26-25(19-11-5-2-6-12-19)24(15-21-20-13-7-8-14-22(20)30-27(21)26)32-16-23(29-17-32)18-9-3-1-4-10-18/h1-16,29-30H,17H2. The molecule has 0 bridgehead atoms. The second-order valence-electron chi connectivity index (χ2n) is 8.21. The number of H-pyrrole nitrogens is 1. The van der Waals surface area contributed by atoms with Crippen LogP contribution in [0.2, 0.25) is 0 Å². The highest BCUT2D eigenvalue weighted by atomic mass is 16.3. The van der Waals surface area contributed by atoms with Gasteiger partial charge in [0.1, 0.15) is 0 Å². The Hall–Kier alpha value is -4.71. The number of carbonyl (C=O) groups excluding carboxylic acids is 1. The third-order valence-electron chi connectivity index (χ3n) is 6.26. The molecular weight excluding hydrogens is 424 g/mol. The van der Waals surface area contributed by atoms with Crippen molar-refractivity contribution in [3.05, 3.63) is 113 Å². The monoisotopic (exact) mass is 444 g/mol. The molecule has 164 valence electrons. The SMILES string of the molecule is O=NC(=O)c1c(-c2ccccc2)c(N2C=C(c3ccccc3)NC2)cc2c1[nH]c1ccccc12. The highest BCUT2D eigenvalue weighted by molar-refractivity contribution is 6.21. The number of benzene rings is 4. The summed E-state index contributed by atoms with van der Waals surface area (Å²) in [5.41, 5.74) is 6.20. The molecule has 0 radical (unpaired) electrons. The van der Waals surface area contributed by atoms with Crippen LogP contribution in [0.3, 0.4) is 0 Å². The number of hydrogen-bond acceptors (Lipinski definition) is 4. The summed E-state index contributed by atoms with van der Waals surface area (Å²) in [4.78, 5) is 30.0. The van der Waals surface area contributed by atoms with E-state index < -0.39 is 5.91 Å². The van der Waals surface area contributed by atoms with E-state index in [-0.39, 0.29) is 5.56 Å². The molecule has 4 aromatic carbocycles. The van der Waals surface area contributed by atoms with Crippen molar-refractivity contribution in [2.75, 3.05) is 11.6 Å². The molecule has 6 nitrogen and oxygen atoms in total. The molecule has 1 amide bonds. The third kappa shape index (κ3) is 3.16. The molecule has 0 atom stereocenters. The van der Waals surface area contributed by atoms with Crippen molar-refractivity contribution in [3.63, 3.8) is 0 Å². The van der Waals surface area contributed by atoms with Crippen LogP contribution in [-0.4, -0.2) is 17.6 Å². The molecule has 2 heterocycles. The third-order valence-corrected chi connectivity index (χ3v) is 6.26. The molecular formula is C28H20N4O2. The molecule has 0 spiro atoms. The topological polar surface area (TPSA) is 77.6 Å². The summed E-state index contributed by atoms with van der Waals surface area (Å²) in [5.74, 6) is -0.795. The van der Waals surface area contributed by atoms with Gasteiger partial charge in [0.2, 0.25) is 0 Å². The molecule has 0 fully saturated rings. The molecule has 0 saturated carbocycles. The predicted octanol–water partition coefficient (Wildman–Crippen LogP) is 6.26. The highest BCUT2D eigenvalue weighted by Crippen LogP contribution is 2.42. The summed E-state index contributed by atoms with van der Waals surface area (Å²) in [5, 5.41) is 8.15. The summed E-state index contributed by atoms with van der Waals surface area (Å²) >= 11 is 0. The van der Waals surface area contributed by atoms with Crippen LogP contribution < -0.4 is 10.2 Å². The van der Waals surface area contributed by atoms with Crippen LogP contribution in [0.25, 0.3) is 38.6 Å². The molecule has 34 heavy (non-hydrogen) atoms. The highest BCUT2D eigenvalue weighted by Gasteiger charge is 2.27. The number of para-hydroxylation sites is 1. The van der Waals surface area contributed by atoms with Gasteiger partial charge in [-0.25, -0.2) is 0 Å². The minimum absolute atomic E-state index is 0.284. The van der Waals surface area contributed by atoms with Crippen LogP contribution in [0.4, 0.5) is 5.69 Å². The molecule has 5 aromatic rings. The molecule has 1 aromatic heterocycles. The van der Waals surface area contributed by atoms with E-state index in [2.05, 4.69) is 38.6 Å². The normalized spacial score (nSPS) is 13.2. The molecule has 1 aliphatic rings. The van der Waals surface area contributed by atoms with E-state index in [1.807, 2.05) is 79.0 Å². The van der Waals surface area contributed by atoms with Crippen LogP contribution >= 0.6 is 0 Å². The van der Waals surface area contributed by atoms with Crippen LogP contribution in [0.5, 0.6) is 0 Å². The lowest BCUT2D eigenvalue weighted by atomic mass is 9.93. The summed E-state index contributed by atoms with van der Waals surface area (Å²) < 4.78 is 0. The van der Waals surface area contributed by atoms with E-state index in [1.54, 1.807) is 0 Å². The summed E-state index contributed by atoms with van der Waals surface area (Å²) in [6.07, 6.45) is 2.04. The van der Waals surface area contributed by atoms with Crippen molar-refractivity contribution in [3.8, 4) is 11.1 Å². The van der Waals surface area contributed by atoms with Crippen LogP contribution in [0.1, 0.15) is 15.9 Å². The van der Waals surface area contributed by atoms with E-state index in [9.17, 15) is 9.70 Å². The first-order valence-electron chi connectivity index (χ1n) is 11.0. The van der Waals surface area contributed by atoms with Crippen LogP contribution in [0.15, 0.2) is 102 Å². The van der Waals surface area contributed by atoms with Gasteiger partial charge < -0.3 is 15.2 Å². The number of nitrogens with zero attached hydrogens (tertiary/aromatic N) is 2. The summed E-state index contributed by atoms with van der Waals surface area (Å²) in [7, 11) is 0. The first-order valence-corrected chi connectivity index (χ1v) is 11.0. The minimum atomic E-state index is -0.795. The molecule has 1 aliphatic heterocycles. The van der Waals surface area contributed by atoms with Gasteiger partial charge in [0, 0.05) is 33.2 Å². The fourth-order valence-electron chi connectivity index (χ4n) is 4.72. The molecule has 6 rings (SSSR count). The number of anilines is 1. The van der Waals surface area contributed by atoms with Crippen LogP contribution in [-0.2, 0) is 0 Å². The Bertz CT molecular complexity index is 1590. The molecule has 0 aliphatic carbocycles. The Balaban J connectivity index is 1.67. The maximum atomic E-state index is 13.0. The van der Waals surface area contributed by atoms with Gasteiger partial charge in [-0.15, -0.1) is 4.91 Å². The van der Waals surface area contributed by atoms with E-state index in [1.165, 1.54) is 0 Å². The zero-order valence-corrected chi connectivity index (χ0v) is 18.2. The Kier molecular flexibility index (Phi) is 4.70. The van der Waals surface area contributed by atoms with Crippen molar-refractivity contribution in [2.45, 2.75) is 0 Å². The predicted molar refractivity (Wildman–Crippen MR) is 136 cm³/mol. The van der Waals surface area contributed by atoms with Crippen molar-refractivity contribution in [2.24, 2.45) is 5.18 Å². The van der Waals surface area contributed by atoms with E-state index in [0.29, 0.717) is 17.7 Å². The average molecular weight is 444 g/mol. The van der Waals surface area contributed by atoms with E-state index in [4.69, 9.17) is 0 Å². The average Bonchev–Trinajstić information content (AvgIpc) is 3.53. The number of aromatic nitrogens is 1. The van der Waals surface area contributed by atoms with Crippen molar-refractivity contribution < 1.29 is 4.79 Å². The van der Waals surface area contributed by atoms with E-state index in [0.717, 1.165) is 38.8 Å². The fourth-order valence-corrected chi connectivity index (χ4v) is 4.72. The summed E-state index contributed by atoms with van der Waals surface area (Å²) in [6.45, 7) is 0.528.